The van der Waals surface area contributed by atoms with Crippen molar-refractivity contribution in [3.05, 3.63) is 36.2 Å². The highest BCUT2D eigenvalue weighted by Crippen LogP contribution is 2.35. The van der Waals surface area contributed by atoms with Crippen molar-refractivity contribution in [3.8, 4) is 23.3 Å². The number of rotatable bonds is 4. The van der Waals surface area contributed by atoms with Gasteiger partial charge in [0.2, 0.25) is 0 Å². The summed E-state index contributed by atoms with van der Waals surface area (Å²) in [5.41, 5.74) is 0.514. The first-order chi connectivity index (χ1) is 12.8. The fourth-order valence-corrected chi connectivity index (χ4v) is 3.11. The summed E-state index contributed by atoms with van der Waals surface area (Å²) in [4.78, 5) is 22.9. The van der Waals surface area contributed by atoms with Gasteiger partial charge in [-0.05, 0) is 12.1 Å². The first-order valence-electron chi connectivity index (χ1n) is 8.46. The van der Waals surface area contributed by atoms with E-state index in [-0.39, 0.29) is 12.0 Å². The van der Waals surface area contributed by atoms with Gasteiger partial charge in [-0.25, -0.2) is 9.97 Å². The number of para-hydroxylation sites is 1. The lowest BCUT2D eigenvalue weighted by atomic mass is 10.1. The maximum absolute atomic E-state index is 12.9. The predicted molar refractivity (Wildman–Crippen MR) is 91.0 cm³/mol. The van der Waals surface area contributed by atoms with Crippen LogP contribution in [0, 0.1) is 0 Å². The van der Waals surface area contributed by atoms with Crippen LogP contribution < -0.4 is 18.9 Å². The number of fused-ring (bicyclic) bond motifs is 1. The lowest BCUT2D eigenvalue weighted by molar-refractivity contribution is 0.0759. The van der Waals surface area contributed by atoms with Crippen molar-refractivity contribution >= 4 is 5.91 Å². The number of carbonyl (C=O) groups excluding carboxylic acids is 1. The molecule has 1 aromatic carbocycles. The van der Waals surface area contributed by atoms with Crippen molar-refractivity contribution in [2.24, 2.45) is 0 Å². The van der Waals surface area contributed by atoms with Crippen molar-refractivity contribution in [2.75, 3.05) is 33.4 Å². The number of amides is 1. The highest BCUT2D eigenvalue weighted by atomic mass is 16.6. The fraction of sp³-hybridized carbons (Fsp3) is 0.389. The highest BCUT2D eigenvalue weighted by Gasteiger charge is 2.32. The Morgan fingerprint density at radius 3 is 2.85 bits per heavy atom. The van der Waals surface area contributed by atoms with E-state index in [1.165, 1.54) is 13.3 Å². The average Bonchev–Trinajstić information content (AvgIpc) is 3.16. The molecular weight excluding hydrogens is 338 g/mol. The summed E-state index contributed by atoms with van der Waals surface area (Å²) in [6.45, 7) is 1.99. The molecule has 0 saturated carbocycles. The van der Waals surface area contributed by atoms with Crippen molar-refractivity contribution in [1.82, 2.24) is 14.9 Å². The summed E-state index contributed by atoms with van der Waals surface area (Å²) in [5.74, 6) is 1.70. The zero-order valence-electron chi connectivity index (χ0n) is 14.4. The van der Waals surface area contributed by atoms with E-state index in [1.807, 2.05) is 6.07 Å². The van der Waals surface area contributed by atoms with Crippen LogP contribution in [0.1, 0.15) is 16.8 Å². The molecule has 1 saturated heterocycles. The maximum Gasteiger partial charge on any atom is 0.278 e. The Morgan fingerprint density at radius 1 is 1.19 bits per heavy atom. The SMILES string of the molecule is COc1nccnc1O[C@@H]1CCN(C(=O)c2cccc3c2OCCO3)C1. The Hall–Kier alpha value is -3.03. The quantitative estimate of drug-likeness (QED) is 0.821. The molecule has 0 aliphatic carbocycles. The third-order valence-electron chi connectivity index (χ3n) is 4.33. The summed E-state index contributed by atoms with van der Waals surface area (Å²) in [5, 5.41) is 0. The molecule has 26 heavy (non-hydrogen) atoms. The zero-order chi connectivity index (χ0) is 17.9. The molecule has 0 N–H and O–H groups in total. The third-order valence-corrected chi connectivity index (χ3v) is 4.33. The Kier molecular flexibility index (Phi) is 4.47. The largest absolute Gasteiger partial charge is 0.486 e. The van der Waals surface area contributed by atoms with Gasteiger partial charge < -0.3 is 23.8 Å². The predicted octanol–water partition coefficient (Wildman–Crippen LogP) is 1.55. The molecule has 8 nitrogen and oxygen atoms in total. The van der Waals surface area contributed by atoms with Gasteiger partial charge in [0.05, 0.1) is 19.2 Å². The lowest BCUT2D eigenvalue weighted by Crippen LogP contribution is -2.32. The summed E-state index contributed by atoms with van der Waals surface area (Å²) in [6.07, 6.45) is 3.62. The van der Waals surface area contributed by atoms with Crippen LogP contribution in [0.4, 0.5) is 0 Å². The zero-order valence-corrected chi connectivity index (χ0v) is 14.4. The summed E-state index contributed by atoms with van der Waals surface area (Å²) in [6, 6.07) is 5.37. The van der Waals surface area contributed by atoms with Crippen molar-refractivity contribution in [2.45, 2.75) is 12.5 Å². The number of nitrogens with zero attached hydrogens (tertiary/aromatic N) is 3. The van der Waals surface area contributed by atoms with Crippen LogP contribution >= 0.6 is 0 Å². The molecule has 0 bridgehead atoms. The highest BCUT2D eigenvalue weighted by molar-refractivity contribution is 5.98. The van der Waals surface area contributed by atoms with Crippen LogP contribution in [-0.2, 0) is 0 Å². The van der Waals surface area contributed by atoms with E-state index in [0.717, 1.165) is 0 Å². The summed E-state index contributed by atoms with van der Waals surface area (Å²) in [7, 11) is 1.52. The van der Waals surface area contributed by atoms with Gasteiger partial charge in [0, 0.05) is 25.4 Å². The Balaban J connectivity index is 1.46. The van der Waals surface area contributed by atoms with Crippen molar-refractivity contribution in [1.29, 1.82) is 0 Å². The van der Waals surface area contributed by atoms with Gasteiger partial charge in [-0.3, -0.25) is 4.79 Å². The number of ether oxygens (including phenoxy) is 4. The van der Waals surface area contributed by atoms with E-state index in [9.17, 15) is 4.79 Å². The van der Waals surface area contributed by atoms with E-state index < -0.39 is 0 Å². The van der Waals surface area contributed by atoms with Gasteiger partial charge in [0.15, 0.2) is 11.5 Å². The van der Waals surface area contributed by atoms with Gasteiger partial charge in [0.25, 0.3) is 17.7 Å². The van der Waals surface area contributed by atoms with E-state index in [0.29, 0.717) is 61.5 Å². The van der Waals surface area contributed by atoms with E-state index in [2.05, 4.69) is 9.97 Å². The van der Waals surface area contributed by atoms with Gasteiger partial charge in [-0.1, -0.05) is 6.07 Å². The number of carbonyl (C=O) groups is 1. The summed E-state index contributed by atoms with van der Waals surface area (Å²) >= 11 is 0. The van der Waals surface area contributed by atoms with Crippen LogP contribution in [0.5, 0.6) is 23.3 Å². The van der Waals surface area contributed by atoms with Gasteiger partial charge in [0.1, 0.15) is 19.3 Å². The molecule has 2 aliphatic rings. The van der Waals surface area contributed by atoms with Crippen molar-refractivity contribution in [3.63, 3.8) is 0 Å². The number of hydrogen-bond donors (Lipinski definition) is 0. The van der Waals surface area contributed by atoms with Crippen LogP contribution in [0.15, 0.2) is 30.6 Å². The van der Waals surface area contributed by atoms with Crippen LogP contribution in [-0.4, -0.2) is 60.3 Å². The standard InChI is InChI=1S/C18H19N3O5/c1-23-16-17(20-7-6-19-16)26-12-5-8-21(11-12)18(22)13-3-2-4-14-15(13)25-10-9-24-14/h2-4,6-7,12H,5,8-11H2,1H3/t12-/m1/s1. The molecule has 2 aromatic rings. The first kappa shape index (κ1) is 16.4. The molecule has 1 amide bonds. The molecule has 8 heteroatoms. The van der Waals surface area contributed by atoms with E-state index in [4.69, 9.17) is 18.9 Å². The van der Waals surface area contributed by atoms with Crippen LogP contribution in [0.25, 0.3) is 0 Å². The molecular formula is C18H19N3O5. The molecule has 1 atom stereocenters. The van der Waals surface area contributed by atoms with Gasteiger partial charge >= 0.3 is 0 Å². The molecule has 0 radical (unpaired) electrons. The Bertz CT molecular complexity index is 813. The topological polar surface area (TPSA) is 83.0 Å². The molecule has 136 valence electrons. The number of hydrogen-bond acceptors (Lipinski definition) is 7. The monoisotopic (exact) mass is 357 g/mol. The van der Waals surface area contributed by atoms with Crippen LogP contribution in [0.2, 0.25) is 0 Å². The number of benzene rings is 1. The molecule has 1 aromatic heterocycles. The minimum Gasteiger partial charge on any atom is -0.486 e. The van der Waals surface area contributed by atoms with Crippen molar-refractivity contribution < 1.29 is 23.7 Å². The minimum absolute atomic E-state index is 0.0930. The minimum atomic E-state index is -0.166. The Morgan fingerprint density at radius 2 is 2.00 bits per heavy atom. The lowest BCUT2D eigenvalue weighted by Gasteiger charge is -2.23. The molecule has 0 spiro atoms. The van der Waals surface area contributed by atoms with Crippen LogP contribution in [0.3, 0.4) is 0 Å². The molecule has 1 fully saturated rings. The number of methoxy groups -OCH3 is 1. The third kappa shape index (κ3) is 3.10. The number of likely N-dealkylation sites (tertiary alicyclic amines) is 1. The summed E-state index contributed by atoms with van der Waals surface area (Å²) < 4.78 is 22.2. The second-order valence-corrected chi connectivity index (χ2v) is 5.98. The molecule has 3 heterocycles. The molecule has 4 rings (SSSR count). The number of aromatic nitrogens is 2. The molecule has 0 unspecified atom stereocenters. The maximum atomic E-state index is 12.9. The van der Waals surface area contributed by atoms with Gasteiger partial charge in [-0.15, -0.1) is 0 Å². The van der Waals surface area contributed by atoms with Gasteiger partial charge in [-0.2, -0.15) is 0 Å². The first-order valence-corrected chi connectivity index (χ1v) is 8.46. The smallest absolute Gasteiger partial charge is 0.278 e. The fourth-order valence-electron chi connectivity index (χ4n) is 3.11. The average molecular weight is 357 g/mol. The van der Waals surface area contributed by atoms with E-state index in [1.54, 1.807) is 23.2 Å². The second-order valence-electron chi connectivity index (χ2n) is 5.98. The normalized spacial score (nSPS) is 18.5. The Labute approximate surface area is 150 Å². The van der Waals surface area contributed by atoms with E-state index >= 15 is 0 Å². The second kappa shape index (κ2) is 7.07. The molecule has 2 aliphatic heterocycles.